The van der Waals surface area contributed by atoms with Crippen LogP contribution in [-0.2, 0) is 6.42 Å². The Kier molecular flexibility index (Phi) is 5.10. The minimum Gasteiger partial charge on any atom is -0.346 e. The van der Waals surface area contributed by atoms with Crippen LogP contribution < -0.4 is 5.32 Å². The van der Waals surface area contributed by atoms with Gasteiger partial charge in [0, 0.05) is 17.1 Å². The van der Waals surface area contributed by atoms with Gasteiger partial charge in [-0.2, -0.15) is 5.10 Å². The Morgan fingerprint density at radius 2 is 1.89 bits per heavy atom. The van der Waals surface area contributed by atoms with Crippen molar-refractivity contribution in [1.29, 1.82) is 0 Å². The SMILES string of the molecule is O=C(N[C@@H](CF)Cc1ccccc1)c1cc(-c2cn[nH]c2)nc2ccccc12. The highest BCUT2D eigenvalue weighted by Gasteiger charge is 2.18. The number of H-pyrrole nitrogens is 1. The monoisotopic (exact) mass is 374 g/mol. The van der Waals surface area contributed by atoms with E-state index in [0.29, 0.717) is 23.2 Å². The van der Waals surface area contributed by atoms with Crippen LogP contribution in [0.5, 0.6) is 0 Å². The molecular formula is C22H19FN4O. The molecule has 2 aromatic carbocycles. The topological polar surface area (TPSA) is 70.7 Å². The molecule has 1 amide bonds. The van der Waals surface area contributed by atoms with E-state index in [1.54, 1.807) is 18.5 Å². The van der Waals surface area contributed by atoms with Crippen LogP contribution in [0.25, 0.3) is 22.2 Å². The lowest BCUT2D eigenvalue weighted by atomic mass is 10.0. The van der Waals surface area contributed by atoms with Gasteiger partial charge in [0.25, 0.3) is 5.91 Å². The van der Waals surface area contributed by atoms with Crippen molar-refractivity contribution >= 4 is 16.8 Å². The summed E-state index contributed by atoms with van der Waals surface area (Å²) in [7, 11) is 0. The standard InChI is InChI=1S/C22H19FN4O/c23-12-17(10-15-6-2-1-3-7-15)26-22(28)19-11-21(16-13-24-25-14-16)27-20-9-5-4-8-18(19)20/h1-9,11,13-14,17H,10,12H2,(H,24,25)(H,26,28)/t17-/m1/s1. The molecule has 6 heteroatoms. The zero-order valence-corrected chi connectivity index (χ0v) is 15.1. The van der Waals surface area contributed by atoms with Crippen LogP contribution >= 0.6 is 0 Å². The summed E-state index contributed by atoms with van der Waals surface area (Å²) in [6.07, 6.45) is 3.80. The van der Waals surface area contributed by atoms with Crippen molar-refractivity contribution in [2.24, 2.45) is 0 Å². The molecule has 2 heterocycles. The second-order valence-electron chi connectivity index (χ2n) is 6.57. The van der Waals surface area contributed by atoms with Gasteiger partial charge in [0.05, 0.1) is 29.0 Å². The fraction of sp³-hybridized carbons (Fsp3) is 0.136. The van der Waals surface area contributed by atoms with Crippen molar-refractivity contribution in [2.75, 3.05) is 6.67 Å². The van der Waals surface area contributed by atoms with E-state index in [1.807, 2.05) is 54.6 Å². The number of amides is 1. The first-order valence-electron chi connectivity index (χ1n) is 9.04. The molecule has 0 saturated heterocycles. The van der Waals surface area contributed by atoms with Crippen molar-refractivity contribution in [3.05, 3.63) is 84.2 Å². The molecule has 0 aliphatic rings. The average molecular weight is 374 g/mol. The molecule has 2 N–H and O–H groups in total. The maximum Gasteiger partial charge on any atom is 0.252 e. The second kappa shape index (κ2) is 8.00. The summed E-state index contributed by atoms with van der Waals surface area (Å²) in [5, 5.41) is 10.3. The summed E-state index contributed by atoms with van der Waals surface area (Å²) < 4.78 is 13.6. The maximum absolute atomic E-state index is 13.6. The zero-order valence-electron chi connectivity index (χ0n) is 15.1. The summed E-state index contributed by atoms with van der Waals surface area (Å²) >= 11 is 0. The molecular weight excluding hydrogens is 355 g/mol. The lowest BCUT2D eigenvalue weighted by Gasteiger charge is -2.17. The second-order valence-corrected chi connectivity index (χ2v) is 6.57. The number of fused-ring (bicyclic) bond motifs is 1. The van der Waals surface area contributed by atoms with E-state index in [-0.39, 0.29) is 5.91 Å². The molecule has 4 aromatic rings. The molecule has 0 saturated carbocycles. The van der Waals surface area contributed by atoms with Gasteiger partial charge in [0.2, 0.25) is 0 Å². The van der Waals surface area contributed by atoms with Crippen molar-refractivity contribution in [3.63, 3.8) is 0 Å². The third-order valence-electron chi connectivity index (χ3n) is 4.60. The van der Waals surface area contributed by atoms with Crippen LogP contribution in [0.1, 0.15) is 15.9 Å². The number of nitrogens with one attached hydrogen (secondary N) is 2. The minimum absolute atomic E-state index is 0.318. The van der Waals surface area contributed by atoms with Gasteiger partial charge in [0.15, 0.2) is 0 Å². The van der Waals surface area contributed by atoms with Crippen LogP contribution in [0.2, 0.25) is 0 Å². The number of aromatic amines is 1. The Labute approximate surface area is 161 Å². The Balaban J connectivity index is 1.66. The Bertz CT molecular complexity index is 1080. The zero-order chi connectivity index (χ0) is 19.3. The molecule has 0 aliphatic carbocycles. The fourth-order valence-electron chi connectivity index (χ4n) is 3.21. The highest BCUT2D eigenvalue weighted by Crippen LogP contribution is 2.24. The molecule has 0 bridgehead atoms. The summed E-state index contributed by atoms with van der Waals surface area (Å²) in [6, 6.07) is 18.1. The first kappa shape index (κ1) is 17.9. The van der Waals surface area contributed by atoms with Gasteiger partial charge in [0.1, 0.15) is 6.67 Å². The number of aromatic nitrogens is 3. The number of pyridine rings is 1. The van der Waals surface area contributed by atoms with Crippen LogP contribution in [-0.4, -0.2) is 33.8 Å². The Morgan fingerprint density at radius 1 is 1.11 bits per heavy atom. The Hall–Kier alpha value is -3.54. The first-order chi connectivity index (χ1) is 13.7. The third-order valence-corrected chi connectivity index (χ3v) is 4.60. The first-order valence-corrected chi connectivity index (χ1v) is 9.04. The highest BCUT2D eigenvalue weighted by atomic mass is 19.1. The van der Waals surface area contributed by atoms with E-state index in [4.69, 9.17) is 0 Å². The average Bonchev–Trinajstić information content (AvgIpc) is 3.28. The fourth-order valence-corrected chi connectivity index (χ4v) is 3.21. The van der Waals surface area contributed by atoms with Gasteiger partial charge in [-0.3, -0.25) is 9.89 Å². The Morgan fingerprint density at radius 3 is 2.64 bits per heavy atom. The lowest BCUT2D eigenvalue weighted by Crippen LogP contribution is -2.38. The number of benzene rings is 2. The number of rotatable bonds is 6. The van der Waals surface area contributed by atoms with E-state index in [1.165, 1.54) is 0 Å². The molecule has 0 aliphatic heterocycles. The van der Waals surface area contributed by atoms with E-state index < -0.39 is 12.7 Å². The molecule has 2 aromatic heterocycles. The van der Waals surface area contributed by atoms with Gasteiger partial charge in [-0.25, -0.2) is 9.37 Å². The van der Waals surface area contributed by atoms with Gasteiger partial charge >= 0.3 is 0 Å². The smallest absolute Gasteiger partial charge is 0.252 e. The predicted molar refractivity (Wildman–Crippen MR) is 107 cm³/mol. The third kappa shape index (κ3) is 3.76. The number of halogens is 1. The van der Waals surface area contributed by atoms with Crippen molar-refractivity contribution < 1.29 is 9.18 Å². The van der Waals surface area contributed by atoms with E-state index >= 15 is 0 Å². The van der Waals surface area contributed by atoms with E-state index in [9.17, 15) is 9.18 Å². The minimum atomic E-state index is -0.641. The van der Waals surface area contributed by atoms with Crippen LogP contribution in [0, 0.1) is 0 Å². The molecule has 140 valence electrons. The summed E-state index contributed by atoms with van der Waals surface area (Å²) in [5.41, 5.74) is 3.56. The van der Waals surface area contributed by atoms with E-state index in [0.717, 1.165) is 16.5 Å². The van der Waals surface area contributed by atoms with Gasteiger partial charge in [-0.15, -0.1) is 0 Å². The number of alkyl halides is 1. The van der Waals surface area contributed by atoms with Crippen LogP contribution in [0.4, 0.5) is 4.39 Å². The molecule has 0 unspecified atom stereocenters. The highest BCUT2D eigenvalue weighted by molar-refractivity contribution is 6.07. The normalized spacial score (nSPS) is 12.0. The van der Waals surface area contributed by atoms with Crippen molar-refractivity contribution in [1.82, 2.24) is 20.5 Å². The predicted octanol–water partition coefficient (Wildman–Crippen LogP) is 3.94. The number of hydrogen-bond donors (Lipinski definition) is 2. The van der Waals surface area contributed by atoms with E-state index in [2.05, 4.69) is 20.5 Å². The molecule has 0 fully saturated rings. The van der Waals surface area contributed by atoms with Gasteiger partial charge in [-0.1, -0.05) is 48.5 Å². The molecule has 0 radical (unpaired) electrons. The van der Waals surface area contributed by atoms with Crippen molar-refractivity contribution in [2.45, 2.75) is 12.5 Å². The number of hydrogen-bond acceptors (Lipinski definition) is 3. The maximum atomic E-state index is 13.6. The van der Waals surface area contributed by atoms with Crippen LogP contribution in [0.15, 0.2) is 73.1 Å². The number of carbonyl (C=O) groups is 1. The molecule has 4 rings (SSSR count). The van der Waals surface area contributed by atoms with Gasteiger partial charge < -0.3 is 5.32 Å². The number of carbonyl (C=O) groups excluding carboxylic acids is 1. The molecule has 0 spiro atoms. The molecule has 5 nitrogen and oxygen atoms in total. The molecule has 28 heavy (non-hydrogen) atoms. The number of para-hydroxylation sites is 1. The van der Waals surface area contributed by atoms with Crippen molar-refractivity contribution in [3.8, 4) is 11.3 Å². The lowest BCUT2D eigenvalue weighted by molar-refractivity contribution is 0.0931. The van der Waals surface area contributed by atoms with Crippen LogP contribution in [0.3, 0.4) is 0 Å². The number of nitrogens with zero attached hydrogens (tertiary/aromatic N) is 2. The largest absolute Gasteiger partial charge is 0.346 e. The quantitative estimate of drug-likeness (QED) is 0.537. The molecule has 1 atom stereocenters. The van der Waals surface area contributed by atoms with Gasteiger partial charge in [-0.05, 0) is 24.1 Å². The summed E-state index contributed by atoms with van der Waals surface area (Å²) in [4.78, 5) is 17.6. The summed E-state index contributed by atoms with van der Waals surface area (Å²) in [6.45, 7) is -0.641. The summed E-state index contributed by atoms with van der Waals surface area (Å²) in [5.74, 6) is -0.318.